The van der Waals surface area contributed by atoms with Gasteiger partial charge in [-0.05, 0) is 6.92 Å². The molecule has 1 atom stereocenters. The van der Waals surface area contributed by atoms with E-state index in [4.69, 9.17) is 5.73 Å². The minimum absolute atomic E-state index is 0.0725. The van der Waals surface area contributed by atoms with Gasteiger partial charge in [0.1, 0.15) is 9.84 Å². The third kappa shape index (κ3) is 4.94. The van der Waals surface area contributed by atoms with Gasteiger partial charge < -0.3 is 10.3 Å². The van der Waals surface area contributed by atoms with Gasteiger partial charge in [-0.15, -0.1) is 0 Å². The minimum atomic E-state index is -2.91. The number of nitrogens with two attached hydrogens (primary N) is 1. The normalized spacial score (nSPS) is 14.1. The predicted octanol–water partition coefficient (Wildman–Crippen LogP) is -0.183. The van der Waals surface area contributed by atoms with Gasteiger partial charge in [-0.25, -0.2) is 13.4 Å². The molecule has 1 unspecified atom stereocenters. The molecule has 0 aliphatic carbocycles. The first-order chi connectivity index (χ1) is 6.87. The van der Waals surface area contributed by atoms with Gasteiger partial charge in [0.05, 0.1) is 17.8 Å². The van der Waals surface area contributed by atoms with Gasteiger partial charge in [0.25, 0.3) is 0 Å². The summed E-state index contributed by atoms with van der Waals surface area (Å²) in [5, 5.41) is 0. The van der Waals surface area contributed by atoms with Crippen molar-refractivity contribution in [2.24, 2.45) is 5.73 Å². The number of hydrogen-bond acceptors (Lipinski definition) is 4. The van der Waals surface area contributed by atoms with Crippen LogP contribution in [0.25, 0.3) is 0 Å². The number of sulfone groups is 1. The smallest absolute Gasteiger partial charge is 0.149 e. The monoisotopic (exact) mass is 231 g/mol. The molecule has 86 valence electrons. The molecule has 0 aromatic carbocycles. The third-order valence-corrected chi connectivity index (χ3v) is 2.86. The summed E-state index contributed by atoms with van der Waals surface area (Å²) in [5.41, 5.74) is 6.53. The van der Waals surface area contributed by atoms with Crippen LogP contribution in [0.4, 0.5) is 0 Å². The highest BCUT2D eigenvalue weighted by atomic mass is 32.2. The number of aryl methyl sites for hydroxylation is 1. The van der Waals surface area contributed by atoms with Crippen LogP contribution in [0, 0.1) is 0 Å². The summed E-state index contributed by atoms with van der Waals surface area (Å²) in [7, 11) is -2.91. The summed E-state index contributed by atoms with van der Waals surface area (Å²) in [4.78, 5) is 4.15. The van der Waals surface area contributed by atoms with Crippen LogP contribution in [0.15, 0.2) is 12.5 Å². The molecule has 0 saturated carbocycles. The first-order valence-electron chi connectivity index (χ1n) is 4.81. The average molecular weight is 231 g/mol. The summed E-state index contributed by atoms with van der Waals surface area (Å²) >= 11 is 0. The van der Waals surface area contributed by atoms with E-state index in [-0.39, 0.29) is 11.8 Å². The Bertz CT molecular complexity index is 409. The number of hydrogen-bond donors (Lipinski definition) is 1. The summed E-state index contributed by atoms with van der Waals surface area (Å²) in [6, 6.07) is 0.0725. The van der Waals surface area contributed by atoms with E-state index in [0.717, 1.165) is 5.69 Å². The molecule has 0 fully saturated rings. The molecule has 5 nitrogen and oxygen atoms in total. The van der Waals surface area contributed by atoms with Crippen LogP contribution in [0.1, 0.15) is 12.6 Å². The fraction of sp³-hybridized carbons (Fsp3) is 0.667. The molecule has 15 heavy (non-hydrogen) atoms. The molecule has 1 heterocycles. The minimum Gasteiger partial charge on any atom is -0.336 e. The lowest BCUT2D eigenvalue weighted by Gasteiger charge is -2.01. The highest BCUT2D eigenvalue weighted by Gasteiger charge is 2.05. The fourth-order valence-electron chi connectivity index (χ4n) is 1.24. The van der Waals surface area contributed by atoms with Gasteiger partial charge in [0.15, 0.2) is 0 Å². The maximum absolute atomic E-state index is 10.9. The Kier molecular flexibility index (Phi) is 3.87. The Morgan fingerprint density at radius 3 is 2.80 bits per heavy atom. The molecule has 6 heteroatoms. The maximum Gasteiger partial charge on any atom is 0.149 e. The predicted molar refractivity (Wildman–Crippen MR) is 59.3 cm³/mol. The van der Waals surface area contributed by atoms with Crippen LogP contribution < -0.4 is 5.73 Å². The Labute approximate surface area is 90.2 Å². The zero-order valence-corrected chi connectivity index (χ0v) is 9.87. The second kappa shape index (κ2) is 4.76. The van der Waals surface area contributed by atoms with Crippen LogP contribution >= 0.6 is 0 Å². The van der Waals surface area contributed by atoms with Crippen molar-refractivity contribution < 1.29 is 8.42 Å². The van der Waals surface area contributed by atoms with Crippen LogP contribution in [0.2, 0.25) is 0 Å². The lowest BCUT2D eigenvalue weighted by Crippen LogP contribution is -2.17. The molecule has 2 N–H and O–H groups in total. The van der Waals surface area contributed by atoms with Crippen molar-refractivity contribution in [3.63, 3.8) is 0 Å². The van der Waals surface area contributed by atoms with Gasteiger partial charge in [-0.3, -0.25) is 0 Å². The van der Waals surface area contributed by atoms with Crippen molar-refractivity contribution >= 4 is 9.84 Å². The molecular formula is C9H17N3O2S. The zero-order valence-electron chi connectivity index (χ0n) is 9.05. The molecule has 0 saturated heterocycles. The van der Waals surface area contributed by atoms with Gasteiger partial charge in [0.2, 0.25) is 0 Å². The van der Waals surface area contributed by atoms with Crippen molar-refractivity contribution in [1.82, 2.24) is 9.55 Å². The van der Waals surface area contributed by atoms with Crippen LogP contribution in [-0.2, 0) is 22.8 Å². The molecule has 0 amide bonds. The first kappa shape index (κ1) is 12.2. The molecule has 0 aliphatic heterocycles. The Morgan fingerprint density at radius 2 is 2.27 bits per heavy atom. The third-order valence-electron chi connectivity index (χ3n) is 1.94. The second-order valence-corrected chi connectivity index (χ2v) is 6.17. The number of rotatable bonds is 5. The first-order valence-corrected chi connectivity index (χ1v) is 6.87. The lowest BCUT2D eigenvalue weighted by atomic mass is 10.2. The Hall–Kier alpha value is -0.880. The summed E-state index contributed by atoms with van der Waals surface area (Å²) < 4.78 is 23.6. The van der Waals surface area contributed by atoms with Gasteiger partial charge >= 0.3 is 0 Å². The van der Waals surface area contributed by atoms with Gasteiger partial charge in [-0.1, -0.05) is 0 Å². The zero-order chi connectivity index (χ0) is 11.5. The van der Waals surface area contributed by atoms with E-state index in [0.29, 0.717) is 13.0 Å². The number of imidazole rings is 1. The van der Waals surface area contributed by atoms with Crippen LogP contribution in [0.3, 0.4) is 0 Å². The second-order valence-electron chi connectivity index (χ2n) is 3.91. The lowest BCUT2D eigenvalue weighted by molar-refractivity contribution is 0.594. The maximum atomic E-state index is 10.9. The Morgan fingerprint density at radius 1 is 1.60 bits per heavy atom. The SMILES string of the molecule is CC(N)Cc1cn(CCS(C)(=O)=O)cn1. The van der Waals surface area contributed by atoms with Crippen molar-refractivity contribution in [2.75, 3.05) is 12.0 Å². The molecule has 0 spiro atoms. The molecule has 0 aliphatic rings. The van der Waals surface area contributed by atoms with Crippen LogP contribution in [-0.4, -0.2) is 36.0 Å². The van der Waals surface area contributed by atoms with E-state index in [2.05, 4.69) is 4.98 Å². The Balaban J connectivity index is 2.53. The molecule has 1 aromatic rings. The van der Waals surface area contributed by atoms with E-state index in [9.17, 15) is 8.42 Å². The van der Waals surface area contributed by atoms with E-state index in [1.807, 2.05) is 13.1 Å². The van der Waals surface area contributed by atoms with Crippen molar-refractivity contribution in [2.45, 2.75) is 25.9 Å². The fourth-order valence-corrected chi connectivity index (χ4v) is 1.78. The highest BCUT2D eigenvalue weighted by molar-refractivity contribution is 7.90. The van der Waals surface area contributed by atoms with Gasteiger partial charge in [-0.2, -0.15) is 0 Å². The van der Waals surface area contributed by atoms with Crippen molar-refractivity contribution in [3.8, 4) is 0 Å². The summed E-state index contributed by atoms with van der Waals surface area (Å²) in [5.74, 6) is 0.140. The standard InChI is InChI=1S/C9H17N3O2S/c1-8(10)5-9-6-12(7-11-9)3-4-15(2,13)14/h6-8H,3-5,10H2,1-2H3. The van der Waals surface area contributed by atoms with Crippen LogP contribution in [0.5, 0.6) is 0 Å². The quantitative estimate of drug-likeness (QED) is 0.762. The van der Waals surface area contributed by atoms with E-state index in [1.165, 1.54) is 6.26 Å². The number of aromatic nitrogens is 2. The van der Waals surface area contributed by atoms with E-state index < -0.39 is 9.84 Å². The average Bonchev–Trinajstić information content (AvgIpc) is 2.46. The van der Waals surface area contributed by atoms with Crippen molar-refractivity contribution in [3.05, 3.63) is 18.2 Å². The van der Waals surface area contributed by atoms with E-state index in [1.54, 1.807) is 10.9 Å². The van der Waals surface area contributed by atoms with Crippen molar-refractivity contribution in [1.29, 1.82) is 0 Å². The summed E-state index contributed by atoms with van der Waals surface area (Å²) in [6.45, 7) is 2.36. The molecule has 0 bridgehead atoms. The largest absolute Gasteiger partial charge is 0.336 e. The topological polar surface area (TPSA) is 78.0 Å². The summed E-state index contributed by atoms with van der Waals surface area (Å²) in [6.07, 6.45) is 5.43. The van der Waals surface area contributed by atoms with E-state index >= 15 is 0 Å². The highest BCUT2D eigenvalue weighted by Crippen LogP contribution is 2.00. The van der Waals surface area contributed by atoms with Gasteiger partial charge in [0, 0.05) is 31.5 Å². The number of nitrogens with zero attached hydrogens (tertiary/aromatic N) is 2. The molecule has 1 aromatic heterocycles. The molecular weight excluding hydrogens is 214 g/mol. The molecule has 0 radical (unpaired) electrons. The molecule has 1 rings (SSSR count).